The maximum atomic E-state index is 13.5. The fourth-order valence-corrected chi connectivity index (χ4v) is 3.61. The molecule has 1 aliphatic rings. The SMILES string of the molecule is NS(=O)(=O)CC1(COc2cc(F)ccc2F)CCOCC1. The van der Waals surface area contributed by atoms with Crippen molar-refractivity contribution in [2.75, 3.05) is 25.6 Å². The van der Waals surface area contributed by atoms with Gasteiger partial charge in [-0.25, -0.2) is 22.3 Å². The van der Waals surface area contributed by atoms with E-state index in [1.54, 1.807) is 0 Å². The first kappa shape index (κ1) is 16.1. The molecule has 0 spiro atoms. The largest absolute Gasteiger partial charge is 0.490 e. The summed E-state index contributed by atoms with van der Waals surface area (Å²) < 4.78 is 59.9. The van der Waals surface area contributed by atoms with Gasteiger partial charge in [-0.05, 0) is 25.0 Å². The summed E-state index contributed by atoms with van der Waals surface area (Å²) >= 11 is 0. The molecule has 0 bridgehead atoms. The van der Waals surface area contributed by atoms with E-state index in [1.807, 2.05) is 0 Å². The lowest BCUT2D eigenvalue weighted by atomic mass is 9.83. The molecule has 0 aromatic heterocycles. The van der Waals surface area contributed by atoms with Crippen LogP contribution in [-0.2, 0) is 14.8 Å². The Labute approximate surface area is 122 Å². The molecule has 0 saturated carbocycles. The van der Waals surface area contributed by atoms with Gasteiger partial charge in [-0.2, -0.15) is 0 Å². The van der Waals surface area contributed by atoms with Gasteiger partial charge in [-0.3, -0.25) is 0 Å². The molecule has 21 heavy (non-hydrogen) atoms. The molecular weight excluding hydrogens is 304 g/mol. The van der Waals surface area contributed by atoms with Gasteiger partial charge in [-0.1, -0.05) is 0 Å². The third kappa shape index (κ3) is 4.62. The van der Waals surface area contributed by atoms with E-state index in [0.717, 1.165) is 18.2 Å². The molecule has 1 heterocycles. The van der Waals surface area contributed by atoms with Crippen LogP contribution in [0.1, 0.15) is 12.8 Å². The molecule has 118 valence electrons. The zero-order valence-corrected chi connectivity index (χ0v) is 12.2. The van der Waals surface area contributed by atoms with Gasteiger partial charge in [-0.15, -0.1) is 0 Å². The number of ether oxygens (including phenoxy) is 2. The van der Waals surface area contributed by atoms with E-state index in [4.69, 9.17) is 14.6 Å². The molecule has 1 aromatic carbocycles. The topological polar surface area (TPSA) is 78.6 Å². The van der Waals surface area contributed by atoms with Crippen LogP contribution in [-0.4, -0.2) is 34.0 Å². The predicted octanol–water partition coefficient (Wildman–Crippen LogP) is 1.43. The lowest BCUT2D eigenvalue weighted by Crippen LogP contribution is -2.42. The smallest absolute Gasteiger partial charge is 0.209 e. The van der Waals surface area contributed by atoms with Crippen molar-refractivity contribution in [3.05, 3.63) is 29.8 Å². The predicted molar refractivity (Wildman–Crippen MR) is 72.3 cm³/mol. The van der Waals surface area contributed by atoms with Crippen molar-refractivity contribution in [1.82, 2.24) is 0 Å². The molecule has 0 radical (unpaired) electrons. The number of hydrogen-bond donors (Lipinski definition) is 1. The number of halogens is 2. The van der Waals surface area contributed by atoms with Crippen molar-refractivity contribution in [2.24, 2.45) is 10.6 Å². The lowest BCUT2D eigenvalue weighted by molar-refractivity contribution is 0.00139. The summed E-state index contributed by atoms with van der Waals surface area (Å²) in [5.74, 6) is -1.84. The van der Waals surface area contributed by atoms with Gasteiger partial charge in [0.15, 0.2) is 11.6 Å². The van der Waals surface area contributed by atoms with Gasteiger partial charge in [0.2, 0.25) is 10.0 Å². The first-order valence-corrected chi connectivity index (χ1v) is 8.17. The molecule has 0 amide bonds. The van der Waals surface area contributed by atoms with Gasteiger partial charge < -0.3 is 9.47 Å². The fourth-order valence-electron chi connectivity index (χ4n) is 2.38. The van der Waals surface area contributed by atoms with E-state index < -0.39 is 27.1 Å². The highest BCUT2D eigenvalue weighted by atomic mass is 32.2. The second-order valence-corrected chi connectivity index (χ2v) is 6.90. The molecule has 0 unspecified atom stereocenters. The quantitative estimate of drug-likeness (QED) is 0.890. The zero-order valence-electron chi connectivity index (χ0n) is 11.3. The van der Waals surface area contributed by atoms with Crippen LogP contribution in [0, 0.1) is 17.0 Å². The summed E-state index contributed by atoms with van der Waals surface area (Å²) in [6.45, 7) is 0.697. The molecule has 2 rings (SSSR count). The number of primary sulfonamides is 1. The van der Waals surface area contributed by atoms with Crippen LogP contribution in [0.2, 0.25) is 0 Å². The monoisotopic (exact) mass is 321 g/mol. The number of rotatable bonds is 5. The zero-order chi connectivity index (χ0) is 15.5. The molecule has 1 saturated heterocycles. The highest BCUT2D eigenvalue weighted by Gasteiger charge is 2.37. The van der Waals surface area contributed by atoms with Gasteiger partial charge in [0.1, 0.15) is 5.82 Å². The van der Waals surface area contributed by atoms with E-state index in [2.05, 4.69) is 0 Å². The van der Waals surface area contributed by atoms with Crippen LogP contribution in [0.4, 0.5) is 8.78 Å². The van der Waals surface area contributed by atoms with Crippen molar-refractivity contribution >= 4 is 10.0 Å². The summed E-state index contributed by atoms with van der Waals surface area (Å²) in [5, 5.41) is 5.12. The molecule has 5 nitrogen and oxygen atoms in total. The van der Waals surface area contributed by atoms with Crippen molar-refractivity contribution in [3.8, 4) is 5.75 Å². The highest BCUT2D eigenvalue weighted by molar-refractivity contribution is 7.89. The van der Waals surface area contributed by atoms with Crippen molar-refractivity contribution in [3.63, 3.8) is 0 Å². The van der Waals surface area contributed by atoms with Crippen LogP contribution >= 0.6 is 0 Å². The molecule has 1 fully saturated rings. The maximum absolute atomic E-state index is 13.5. The van der Waals surface area contributed by atoms with Gasteiger partial charge >= 0.3 is 0 Å². The van der Waals surface area contributed by atoms with Gasteiger partial charge in [0.05, 0.1) is 12.4 Å². The van der Waals surface area contributed by atoms with Crippen LogP contribution in [0.3, 0.4) is 0 Å². The number of sulfonamides is 1. The number of nitrogens with two attached hydrogens (primary N) is 1. The Morgan fingerprint density at radius 2 is 1.95 bits per heavy atom. The minimum Gasteiger partial charge on any atom is -0.490 e. The second kappa shape index (κ2) is 6.25. The van der Waals surface area contributed by atoms with Gasteiger partial charge in [0, 0.05) is 24.7 Å². The van der Waals surface area contributed by atoms with Crippen molar-refractivity contribution < 1.29 is 26.7 Å². The van der Waals surface area contributed by atoms with E-state index in [9.17, 15) is 17.2 Å². The molecule has 2 N–H and O–H groups in total. The first-order valence-electron chi connectivity index (χ1n) is 6.46. The highest BCUT2D eigenvalue weighted by Crippen LogP contribution is 2.33. The second-order valence-electron chi connectivity index (χ2n) is 5.28. The third-order valence-electron chi connectivity index (χ3n) is 3.49. The Bertz CT molecular complexity index is 600. The molecular formula is C13H17F2NO4S. The summed E-state index contributed by atoms with van der Waals surface area (Å²) in [6, 6.07) is 2.87. The fraction of sp³-hybridized carbons (Fsp3) is 0.538. The van der Waals surface area contributed by atoms with Crippen LogP contribution < -0.4 is 9.88 Å². The minimum atomic E-state index is -3.71. The van der Waals surface area contributed by atoms with E-state index in [1.165, 1.54) is 0 Å². The number of hydrogen-bond acceptors (Lipinski definition) is 4. The van der Waals surface area contributed by atoms with E-state index in [0.29, 0.717) is 26.1 Å². The van der Waals surface area contributed by atoms with Gasteiger partial charge in [0.25, 0.3) is 0 Å². The van der Waals surface area contributed by atoms with Crippen molar-refractivity contribution in [1.29, 1.82) is 0 Å². The summed E-state index contributed by atoms with van der Waals surface area (Å²) in [5.41, 5.74) is -0.745. The van der Waals surface area contributed by atoms with E-state index in [-0.39, 0.29) is 18.1 Å². The third-order valence-corrected chi connectivity index (χ3v) is 4.50. The van der Waals surface area contributed by atoms with Crippen molar-refractivity contribution in [2.45, 2.75) is 12.8 Å². The van der Waals surface area contributed by atoms with Crippen LogP contribution in [0.15, 0.2) is 18.2 Å². The minimum absolute atomic E-state index is 0.0623. The Balaban J connectivity index is 2.14. The van der Waals surface area contributed by atoms with Crippen LogP contribution in [0.5, 0.6) is 5.75 Å². The summed E-state index contributed by atoms with van der Waals surface area (Å²) in [6.07, 6.45) is 0.862. The lowest BCUT2D eigenvalue weighted by Gasteiger charge is -2.36. The Hall–Kier alpha value is -1.25. The standard InChI is InChI=1S/C13H17F2NO4S/c14-10-1-2-11(15)12(7-10)20-8-13(9-21(16,17)18)3-5-19-6-4-13/h1-2,7H,3-6,8-9H2,(H2,16,17,18). The molecule has 1 aliphatic heterocycles. The Kier molecular flexibility index (Phi) is 4.80. The van der Waals surface area contributed by atoms with E-state index >= 15 is 0 Å². The van der Waals surface area contributed by atoms with Crippen LogP contribution in [0.25, 0.3) is 0 Å². The first-order chi connectivity index (χ1) is 9.80. The molecule has 1 aromatic rings. The normalized spacial score (nSPS) is 18.4. The summed E-state index contributed by atoms with van der Waals surface area (Å²) in [4.78, 5) is 0. The molecule has 8 heteroatoms. The molecule has 0 atom stereocenters. The molecule has 0 aliphatic carbocycles. The number of benzene rings is 1. The Morgan fingerprint density at radius 3 is 2.57 bits per heavy atom. The summed E-state index contributed by atoms with van der Waals surface area (Å²) in [7, 11) is -3.71. The average molecular weight is 321 g/mol. The average Bonchev–Trinajstić information content (AvgIpc) is 2.39. The Morgan fingerprint density at radius 1 is 1.29 bits per heavy atom. The maximum Gasteiger partial charge on any atom is 0.209 e.